The van der Waals surface area contributed by atoms with Crippen molar-refractivity contribution in [3.8, 4) is 0 Å². The third kappa shape index (κ3) is 3.80. The van der Waals surface area contributed by atoms with Crippen molar-refractivity contribution in [2.45, 2.75) is 52.7 Å². The zero-order valence-electron chi connectivity index (χ0n) is 16.8. The molecule has 2 rings (SSSR count). The first-order valence-corrected chi connectivity index (χ1v) is 9.46. The van der Waals surface area contributed by atoms with Crippen LogP contribution < -0.4 is 5.73 Å². The lowest BCUT2D eigenvalue weighted by Crippen LogP contribution is -2.76. The number of carbonyl (C=O) groups is 2. The van der Waals surface area contributed by atoms with Crippen LogP contribution in [0.2, 0.25) is 0 Å². The van der Waals surface area contributed by atoms with Crippen LogP contribution in [0.3, 0.4) is 0 Å². The molecule has 0 spiro atoms. The summed E-state index contributed by atoms with van der Waals surface area (Å²) in [7, 11) is 0. The Morgan fingerprint density at radius 2 is 1.58 bits per heavy atom. The number of amides is 3. The fraction of sp³-hybridized carbons (Fsp3) is 0.889. The molecule has 152 valence electrons. The van der Waals surface area contributed by atoms with E-state index in [1.807, 2.05) is 49.3 Å². The van der Waals surface area contributed by atoms with Crippen LogP contribution in [0, 0.1) is 5.41 Å². The quantitative estimate of drug-likeness (QED) is 0.772. The van der Waals surface area contributed by atoms with E-state index >= 15 is 0 Å². The molecule has 7 nitrogen and oxygen atoms in total. The van der Waals surface area contributed by atoms with Gasteiger partial charge in [-0.1, -0.05) is 13.8 Å². The summed E-state index contributed by atoms with van der Waals surface area (Å²) in [5, 5.41) is 0. The van der Waals surface area contributed by atoms with E-state index in [9.17, 15) is 9.59 Å². The summed E-state index contributed by atoms with van der Waals surface area (Å²) >= 11 is 0. The largest absolute Gasteiger partial charge is 0.378 e. The third-order valence-electron chi connectivity index (χ3n) is 6.08. The number of piperazine rings is 1. The Morgan fingerprint density at radius 1 is 1.08 bits per heavy atom. The lowest BCUT2D eigenvalue weighted by atomic mass is 9.54. The average molecular weight is 391 g/mol. The van der Waals surface area contributed by atoms with Crippen molar-refractivity contribution in [3.05, 3.63) is 0 Å². The Hall–Kier alpha value is -1.05. The SMILES string of the molecule is CCOC1CC(N)(C(=O)N2CCN(C(=O)N(CC)CC)CC2)C1(C)C.Cl. The van der Waals surface area contributed by atoms with Crippen molar-refractivity contribution in [1.82, 2.24) is 14.7 Å². The number of nitrogens with zero attached hydrogens (tertiary/aromatic N) is 3. The molecule has 0 aromatic carbocycles. The van der Waals surface area contributed by atoms with Crippen LogP contribution in [0.15, 0.2) is 0 Å². The zero-order chi connectivity index (χ0) is 18.8. The second-order valence-corrected chi connectivity index (χ2v) is 7.58. The Morgan fingerprint density at radius 3 is 2.00 bits per heavy atom. The fourth-order valence-electron chi connectivity index (χ4n) is 3.88. The van der Waals surface area contributed by atoms with Crippen LogP contribution in [0.25, 0.3) is 0 Å². The molecule has 3 amide bonds. The van der Waals surface area contributed by atoms with Gasteiger partial charge in [0.15, 0.2) is 0 Å². The summed E-state index contributed by atoms with van der Waals surface area (Å²) in [5.74, 6) is -0.0107. The molecule has 2 unspecified atom stereocenters. The zero-order valence-corrected chi connectivity index (χ0v) is 17.6. The maximum atomic E-state index is 13.0. The highest BCUT2D eigenvalue weighted by Gasteiger charge is 2.63. The van der Waals surface area contributed by atoms with Gasteiger partial charge in [-0.05, 0) is 20.8 Å². The topological polar surface area (TPSA) is 79.1 Å². The van der Waals surface area contributed by atoms with Crippen LogP contribution in [0.5, 0.6) is 0 Å². The summed E-state index contributed by atoms with van der Waals surface area (Å²) in [5.41, 5.74) is 5.24. The minimum atomic E-state index is -0.877. The summed E-state index contributed by atoms with van der Waals surface area (Å²) < 4.78 is 5.72. The van der Waals surface area contributed by atoms with Gasteiger partial charge in [-0.2, -0.15) is 0 Å². The highest BCUT2D eigenvalue weighted by molar-refractivity contribution is 5.89. The smallest absolute Gasteiger partial charge is 0.320 e. The Bertz CT molecular complexity index is 505. The summed E-state index contributed by atoms with van der Waals surface area (Å²) in [6, 6.07) is 0.0555. The highest BCUT2D eigenvalue weighted by Crippen LogP contribution is 2.50. The monoisotopic (exact) mass is 390 g/mol. The molecule has 26 heavy (non-hydrogen) atoms. The molecule has 2 N–H and O–H groups in total. The molecular weight excluding hydrogens is 356 g/mol. The molecule has 0 radical (unpaired) electrons. The van der Waals surface area contributed by atoms with Crippen LogP contribution in [0.4, 0.5) is 4.79 Å². The first kappa shape index (κ1) is 23.0. The molecule has 1 heterocycles. The van der Waals surface area contributed by atoms with Gasteiger partial charge in [0, 0.05) is 57.7 Å². The molecule has 1 saturated heterocycles. The average Bonchev–Trinajstić information content (AvgIpc) is 2.61. The number of rotatable bonds is 5. The molecule has 0 bridgehead atoms. The van der Waals surface area contributed by atoms with Crippen LogP contribution in [-0.4, -0.2) is 84.2 Å². The molecule has 0 aromatic rings. The number of hydrogen-bond acceptors (Lipinski definition) is 4. The molecule has 2 fully saturated rings. The Kier molecular flexibility index (Phi) is 7.74. The van der Waals surface area contributed by atoms with Gasteiger partial charge in [-0.25, -0.2) is 4.79 Å². The van der Waals surface area contributed by atoms with Gasteiger partial charge in [-0.15, -0.1) is 12.4 Å². The molecule has 1 saturated carbocycles. The van der Waals surface area contributed by atoms with E-state index in [1.165, 1.54) is 0 Å². The molecular formula is C18H35ClN4O3. The van der Waals surface area contributed by atoms with Crippen molar-refractivity contribution < 1.29 is 14.3 Å². The molecule has 1 aliphatic heterocycles. The van der Waals surface area contributed by atoms with Crippen LogP contribution >= 0.6 is 12.4 Å². The maximum absolute atomic E-state index is 13.0. The summed E-state index contributed by atoms with van der Waals surface area (Å²) in [4.78, 5) is 30.9. The van der Waals surface area contributed by atoms with Gasteiger partial charge in [0.1, 0.15) is 5.54 Å². The van der Waals surface area contributed by atoms with E-state index in [1.54, 1.807) is 0 Å². The predicted octanol–water partition coefficient (Wildman–Crippen LogP) is 1.55. The van der Waals surface area contributed by atoms with E-state index in [0.29, 0.717) is 52.3 Å². The Labute approximate surface area is 163 Å². The first-order chi connectivity index (χ1) is 11.7. The summed E-state index contributed by atoms with van der Waals surface area (Å²) in [6.07, 6.45) is 0.586. The number of halogens is 1. The second kappa shape index (κ2) is 8.76. The maximum Gasteiger partial charge on any atom is 0.320 e. The minimum absolute atomic E-state index is 0. The number of urea groups is 1. The van der Waals surface area contributed by atoms with E-state index in [-0.39, 0.29) is 35.9 Å². The van der Waals surface area contributed by atoms with Crippen molar-refractivity contribution >= 4 is 24.3 Å². The van der Waals surface area contributed by atoms with E-state index < -0.39 is 5.54 Å². The van der Waals surface area contributed by atoms with Crippen molar-refractivity contribution in [2.24, 2.45) is 11.1 Å². The van der Waals surface area contributed by atoms with Gasteiger partial charge >= 0.3 is 6.03 Å². The molecule has 8 heteroatoms. The van der Waals surface area contributed by atoms with Gasteiger partial charge < -0.3 is 25.2 Å². The van der Waals surface area contributed by atoms with E-state index in [4.69, 9.17) is 10.5 Å². The lowest BCUT2D eigenvalue weighted by molar-refractivity contribution is -0.180. The Balaban J connectivity index is 0.00000338. The van der Waals surface area contributed by atoms with Gasteiger partial charge in [0.2, 0.25) is 5.91 Å². The normalized spacial score (nSPS) is 27.4. The molecule has 2 atom stereocenters. The van der Waals surface area contributed by atoms with Crippen LogP contribution in [0.1, 0.15) is 41.0 Å². The highest BCUT2D eigenvalue weighted by atomic mass is 35.5. The van der Waals surface area contributed by atoms with Gasteiger partial charge in [-0.3, -0.25) is 4.79 Å². The van der Waals surface area contributed by atoms with Gasteiger partial charge in [0.05, 0.1) is 6.10 Å². The van der Waals surface area contributed by atoms with Crippen molar-refractivity contribution in [3.63, 3.8) is 0 Å². The number of nitrogens with two attached hydrogens (primary N) is 1. The van der Waals surface area contributed by atoms with Crippen molar-refractivity contribution in [1.29, 1.82) is 0 Å². The summed E-state index contributed by atoms with van der Waals surface area (Å²) in [6.45, 7) is 14.2. The third-order valence-corrected chi connectivity index (χ3v) is 6.08. The lowest BCUT2D eigenvalue weighted by Gasteiger charge is -2.59. The standard InChI is InChI=1S/C18H34N4O3.ClH/c1-6-20(7-2)16(24)22-11-9-21(10-12-22)15(23)18(19)13-14(25-8-3)17(18,4)5;/h14H,6-13,19H2,1-5H3;1H. The second-order valence-electron chi connectivity index (χ2n) is 7.58. The predicted molar refractivity (Wildman–Crippen MR) is 104 cm³/mol. The number of carbonyl (C=O) groups excluding carboxylic acids is 2. The first-order valence-electron chi connectivity index (χ1n) is 9.46. The molecule has 0 aromatic heterocycles. The van der Waals surface area contributed by atoms with E-state index in [2.05, 4.69) is 0 Å². The molecule has 2 aliphatic rings. The molecule has 1 aliphatic carbocycles. The fourth-order valence-corrected chi connectivity index (χ4v) is 3.88. The van der Waals surface area contributed by atoms with Crippen LogP contribution in [-0.2, 0) is 9.53 Å². The van der Waals surface area contributed by atoms with E-state index in [0.717, 1.165) is 0 Å². The van der Waals surface area contributed by atoms with Crippen molar-refractivity contribution in [2.75, 3.05) is 45.9 Å². The van der Waals surface area contributed by atoms with Gasteiger partial charge in [0.25, 0.3) is 0 Å². The number of hydrogen-bond donors (Lipinski definition) is 1. The number of ether oxygens (including phenoxy) is 1. The minimum Gasteiger partial charge on any atom is -0.378 e.